The lowest BCUT2D eigenvalue weighted by Gasteiger charge is -2.37. The van der Waals surface area contributed by atoms with Crippen molar-refractivity contribution >= 4 is 23.4 Å². The zero-order valence-corrected chi connectivity index (χ0v) is 16.1. The standard InChI is InChI=1S/C20H23ClN2O3/c1-19(2,3)25-18(24)23-11-9-20(10-12-23)14-17(22-26-20)8-7-15-5-4-6-16(21)13-15/h4-6,13H,9-12,14H2,1-3H3. The lowest BCUT2D eigenvalue weighted by molar-refractivity contribution is -0.0639. The molecule has 0 unspecified atom stereocenters. The first-order valence-electron chi connectivity index (χ1n) is 8.75. The molecule has 1 amide bonds. The molecule has 0 N–H and O–H groups in total. The van der Waals surface area contributed by atoms with Gasteiger partial charge in [0.25, 0.3) is 0 Å². The highest BCUT2D eigenvalue weighted by Gasteiger charge is 2.43. The second-order valence-corrected chi connectivity index (χ2v) is 8.15. The van der Waals surface area contributed by atoms with E-state index in [1.807, 2.05) is 45.0 Å². The Morgan fingerprint density at radius 3 is 2.69 bits per heavy atom. The van der Waals surface area contributed by atoms with Gasteiger partial charge in [0.05, 0.1) is 0 Å². The minimum atomic E-state index is -0.484. The highest BCUT2D eigenvalue weighted by atomic mass is 35.5. The number of rotatable bonds is 0. The average Bonchev–Trinajstić information content (AvgIpc) is 2.95. The number of benzene rings is 1. The van der Waals surface area contributed by atoms with Gasteiger partial charge in [-0.15, -0.1) is 0 Å². The molecule has 0 radical (unpaired) electrons. The van der Waals surface area contributed by atoms with Crippen molar-refractivity contribution in [2.45, 2.75) is 51.2 Å². The molecule has 0 bridgehead atoms. The summed E-state index contributed by atoms with van der Waals surface area (Å²) in [5, 5.41) is 4.81. The van der Waals surface area contributed by atoms with Crippen molar-refractivity contribution in [3.05, 3.63) is 34.9 Å². The molecule has 2 aliphatic rings. The molecule has 3 rings (SSSR count). The summed E-state index contributed by atoms with van der Waals surface area (Å²) >= 11 is 5.97. The van der Waals surface area contributed by atoms with Crippen LogP contribution >= 0.6 is 11.6 Å². The second-order valence-electron chi connectivity index (χ2n) is 7.72. The van der Waals surface area contributed by atoms with Crippen LogP contribution in [0.4, 0.5) is 4.79 Å². The summed E-state index contributed by atoms with van der Waals surface area (Å²) in [5.41, 5.74) is 0.746. The normalized spacial score (nSPS) is 18.6. The number of piperidine rings is 1. The van der Waals surface area contributed by atoms with E-state index in [-0.39, 0.29) is 11.7 Å². The first kappa shape index (κ1) is 18.6. The zero-order chi connectivity index (χ0) is 18.8. The van der Waals surface area contributed by atoms with Crippen molar-refractivity contribution in [2.24, 2.45) is 5.16 Å². The van der Waals surface area contributed by atoms with Crippen LogP contribution in [-0.2, 0) is 9.57 Å². The van der Waals surface area contributed by atoms with Crippen LogP contribution in [0.25, 0.3) is 0 Å². The lowest BCUT2D eigenvalue weighted by atomic mass is 9.87. The zero-order valence-electron chi connectivity index (χ0n) is 15.3. The van der Waals surface area contributed by atoms with Gasteiger partial charge in [-0.2, -0.15) is 0 Å². The van der Waals surface area contributed by atoms with Crippen LogP contribution in [0.2, 0.25) is 5.02 Å². The Labute approximate surface area is 159 Å². The maximum absolute atomic E-state index is 12.2. The average molecular weight is 375 g/mol. The molecule has 0 aliphatic carbocycles. The Kier molecular flexibility index (Phi) is 5.15. The van der Waals surface area contributed by atoms with Gasteiger partial charge >= 0.3 is 6.09 Å². The molecule has 1 saturated heterocycles. The largest absolute Gasteiger partial charge is 0.444 e. The fourth-order valence-electron chi connectivity index (χ4n) is 2.99. The molecule has 5 nitrogen and oxygen atoms in total. The Morgan fingerprint density at radius 1 is 1.31 bits per heavy atom. The first-order valence-corrected chi connectivity index (χ1v) is 9.13. The summed E-state index contributed by atoms with van der Waals surface area (Å²) in [5.74, 6) is 6.15. The van der Waals surface area contributed by atoms with Crippen molar-refractivity contribution in [3.8, 4) is 11.8 Å². The molecule has 138 valence electrons. The smallest absolute Gasteiger partial charge is 0.410 e. The third kappa shape index (κ3) is 4.70. The third-order valence-electron chi connectivity index (χ3n) is 4.34. The molecule has 1 aromatic rings. The summed E-state index contributed by atoms with van der Waals surface area (Å²) in [7, 11) is 0. The van der Waals surface area contributed by atoms with Gasteiger partial charge in [0, 0.05) is 42.9 Å². The summed E-state index contributed by atoms with van der Waals surface area (Å²) in [4.78, 5) is 19.6. The number of hydrogen-bond acceptors (Lipinski definition) is 4. The van der Waals surface area contributed by atoms with E-state index >= 15 is 0 Å². The molecule has 1 fully saturated rings. The van der Waals surface area contributed by atoms with Crippen LogP contribution in [-0.4, -0.2) is 41.0 Å². The van der Waals surface area contributed by atoms with E-state index in [2.05, 4.69) is 17.0 Å². The van der Waals surface area contributed by atoms with E-state index in [9.17, 15) is 4.79 Å². The van der Waals surface area contributed by atoms with Gasteiger partial charge in [-0.1, -0.05) is 28.7 Å². The van der Waals surface area contributed by atoms with Crippen LogP contribution in [0.15, 0.2) is 29.4 Å². The van der Waals surface area contributed by atoms with Gasteiger partial charge in [0.1, 0.15) is 16.9 Å². The van der Waals surface area contributed by atoms with Crippen molar-refractivity contribution < 1.29 is 14.4 Å². The Balaban J connectivity index is 1.55. The molecule has 0 saturated carbocycles. The number of carbonyl (C=O) groups is 1. The summed E-state index contributed by atoms with van der Waals surface area (Å²) in [6, 6.07) is 7.41. The van der Waals surface area contributed by atoms with Crippen LogP contribution < -0.4 is 0 Å². The van der Waals surface area contributed by atoms with E-state index in [0.29, 0.717) is 24.5 Å². The van der Waals surface area contributed by atoms with E-state index in [0.717, 1.165) is 24.1 Å². The number of halogens is 1. The maximum atomic E-state index is 12.2. The Morgan fingerprint density at radius 2 is 2.04 bits per heavy atom. The van der Waals surface area contributed by atoms with Crippen LogP contribution in [0, 0.1) is 11.8 Å². The highest BCUT2D eigenvalue weighted by molar-refractivity contribution is 6.30. The number of hydrogen-bond donors (Lipinski definition) is 0. The number of likely N-dealkylation sites (tertiary alicyclic amines) is 1. The predicted molar refractivity (Wildman–Crippen MR) is 101 cm³/mol. The van der Waals surface area contributed by atoms with Crippen molar-refractivity contribution in [1.82, 2.24) is 4.90 Å². The third-order valence-corrected chi connectivity index (χ3v) is 4.58. The number of amides is 1. The number of ether oxygens (including phenoxy) is 1. The van der Waals surface area contributed by atoms with E-state index in [4.69, 9.17) is 21.2 Å². The van der Waals surface area contributed by atoms with Crippen molar-refractivity contribution in [2.75, 3.05) is 13.1 Å². The second kappa shape index (κ2) is 7.20. The van der Waals surface area contributed by atoms with Gasteiger partial charge in [-0.3, -0.25) is 0 Å². The van der Waals surface area contributed by atoms with E-state index in [1.165, 1.54) is 0 Å². The van der Waals surface area contributed by atoms with Crippen molar-refractivity contribution in [3.63, 3.8) is 0 Å². The minimum Gasteiger partial charge on any atom is -0.444 e. The molecule has 2 aliphatic heterocycles. The lowest BCUT2D eigenvalue weighted by Crippen LogP contribution is -2.48. The van der Waals surface area contributed by atoms with Gasteiger partial charge in [-0.05, 0) is 44.9 Å². The summed E-state index contributed by atoms with van der Waals surface area (Å²) in [6.07, 6.45) is 1.84. The van der Waals surface area contributed by atoms with Gasteiger partial charge in [0.15, 0.2) is 0 Å². The van der Waals surface area contributed by atoms with Gasteiger partial charge in [-0.25, -0.2) is 4.79 Å². The van der Waals surface area contributed by atoms with E-state index in [1.54, 1.807) is 4.90 Å². The molecule has 1 spiro atoms. The van der Waals surface area contributed by atoms with Gasteiger partial charge < -0.3 is 14.5 Å². The monoisotopic (exact) mass is 374 g/mol. The summed E-state index contributed by atoms with van der Waals surface area (Å²) in [6.45, 7) is 6.80. The first-order chi connectivity index (χ1) is 12.2. The highest BCUT2D eigenvalue weighted by Crippen LogP contribution is 2.34. The fraction of sp³-hybridized carbons (Fsp3) is 0.500. The fourth-order valence-corrected chi connectivity index (χ4v) is 3.18. The van der Waals surface area contributed by atoms with Crippen LogP contribution in [0.1, 0.15) is 45.6 Å². The topological polar surface area (TPSA) is 51.1 Å². The molecule has 6 heteroatoms. The predicted octanol–water partition coefficient (Wildman–Crippen LogP) is 4.24. The van der Waals surface area contributed by atoms with E-state index < -0.39 is 5.60 Å². The Bertz CT molecular complexity index is 778. The number of carbonyl (C=O) groups excluding carboxylic acids is 1. The Hall–Kier alpha value is -2.19. The SMILES string of the molecule is CC(C)(C)OC(=O)N1CCC2(CC1)CC(C#Cc1cccc(Cl)c1)=NO2. The number of nitrogens with zero attached hydrogens (tertiary/aromatic N) is 2. The molecular weight excluding hydrogens is 352 g/mol. The molecule has 0 atom stereocenters. The molecule has 0 aromatic heterocycles. The number of oxime groups is 1. The quantitative estimate of drug-likeness (QED) is 0.638. The summed E-state index contributed by atoms with van der Waals surface area (Å²) < 4.78 is 5.43. The molecule has 1 aromatic carbocycles. The van der Waals surface area contributed by atoms with Gasteiger partial charge in [0.2, 0.25) is 0 Å². The van der Waals surface area contributed by atoms with Crippen LogP contribution in [0.5, 0.6) is 0 Å². The molecule has 26 heavy (non-hydrogen) atoms. The van der Waals surface area contributed by atoms with Crippen molar-refractivity contribution in [1.29, 1.82) is 0 Å². The molecule has 2 heterocycles. The molecular formula is C20H23ClN2O3. The van der Waals surface area contributed by atoms with Crippen LogP contribution in [0.3, 0.4) is 0 Å². The minimum absolute atomic E-state index is 0.271. The maximum Gasteiger partial charge on any atom is 0.410 e.